The van der Waals surface area contributed by atoms with Gasteiger partial charge in [-0.3, -0.25) is 0 Å². The van der Waals surface area contributed by atoms with Gasteiger partial charge in [-0.25, -0.2) is 0 Å². The first-order chi connectivity index (χ1) is 7.73. The molecular weight excluding hydrogens is 216 g/mol. The normalized spacial score (nSPS) is 39.9. The van der Waals surface area contributed by atoms with Crippen LogP contribution in [0.1, 0.15) is 0 Å². The summed E-state index contributed by atoms with van der Waals surface area (Å²) in [4.78, 5) is 0. The van der Waals surface area contributed by atoms with E-state index in [0.717, 1.165) is 0 Å². The molecule has 1 N–H and O–H groups in total. The van der Waals surface area contributed by atoms with Gasteiger partial charge in [-0.2, -0.15) is 0 Å². The predicted octanol–water partition coefficient (Wildman–Crippen LogP) is -0.605. The molecule has 16 heavy (non-hydrogen) atoms. The molecule has 1 fully saturated rings. The minimum atomic E-state index is -0.571. The highest BCUT2D eigenvalue weighted by Crippen LogP contribution is 2.27. The monoisotopic (exact) mass is 236 g/mol. The summed E-state index contributed by atoms with van der Waals surface area (Å²) in [6.07, 6.45) is -2.16. The molecule has 1 saturated heterocycles. The molecule has 0 spiro atoms. The van der Waals surface area contributed by atoms with Crippen LogP contribution in [0.15, 0.2) is 0 Å². The molecule has 5 atom stereocenters. The van der Waals surface area contributed by atoms with Crippen LogP contribution >= 0.6 is 0 Å². The molecule has 0 aromatic carbocycles. The van der Waals surface area contributed by atoms with Crippen LogP contribution in [0.5, 0.6) is 0 Å². The molecule has 0 aliphatic carbocycles. The molecule has 6 heteroatoms. The number of hydrogen-bond acceptors (Lipinski definition) is 6. The summed E-state index contributed by atoms with van der Waals surface area (Å²) in [5.74, 6) is 0. The van der Waals surface area contributed by atoms with Gasteiger partial charge in [0.15, 0.2) is 6.29 Å². The third-order valence-corrected chi connectivity index (χ3v) is 2.82. The van der Waals surface area contributed by atoms with Crippen molar-refractivity contribution in [1.82, 2.24) is 0 Å². The molecule has 0 amide bonds. The van der Waals surface area contributed by atoms with E-state index in [0.29, 0.717) is 0 Å². The highest BCUT2D eigenvalue weighted by molar-refractivity contribution is 4.91. The number of methoxy groups -OCH3 is 4. The molecular formula is C10H20O6. The molecule has 1 heterocycles. The van der Waals surface area contributed by atoms with Crippen molar-refractivity contribution in [1.29, 1.82) is 0 Å². The molecule has 0 aromatic heterocycles. The lowest BCUT2D eigenvalue weighted by Gasteiger charge is -2.43. The van der Waals surface area contributed by atoms with Gasteiger partial charge in [0.05, 0.1) is 6.61 Å². The third kappa shape index (κ3) is 2.53. The van der Waals surface area contributed by atoms with Gasteiger partial charge < -0.3 is 28.8 Å². The Labute approximate surface area is 95.4 Å². The van der Waals surface area contributed by atoms with Gasteiger partial charge in [0.2, 0.25) is 0 Å². The standard InChI is InChI=1S/C10H20O6/c1-12-7-6(5-11)16-10(15-4)9(14-3)8(7)13-2/h6-11H,5H2,1-4H3/t6?,7-,8?,9+,10-/m1/s1. The quantitative estimate of drug-likeness (QED) is 0.687. The zero-order valence-electron chi connectivity index (χ0n) is 10.1. The minimum Gasteiger partial charge on any atom is -0.394 e. The second-order valence-corrected chi connectivity index (χ2v) is 3.56. The smallest absolute Gasteiger partial charge is 0.186 e. The number of ether oxygens (including phenoxy) is 5. The van der Waals surface area contributed by atoms with E-state index in [4.69, 9.17) is 23.7 Å². The van der Waals surface area contributed by atoms with Crippen LogP contribution < -0.4 is 0 Å². The summed E-state index contributed by atoms with van der Waals surface area (Å²) >= 11 is 0. The van der Waals surface area contributed by atoms with E-state index in [-0.39, 0.29) is 24.9 Å². The van der Waals surface area contributed by atoms with Crippen LogP contribution in [0.3, 0.4) is 0 Å². The van der Waals surface area contributed by atoms with E-state index in [1.165, 1.54) is 7.11 Å². The van der Waals surface area contributed by atoms with E-state index >= 15 is 0 Å². The van der Waals surface area contributed by atoms with Crippen molar-refractivity contribution in [3.05, 3.63) is 0 Å². The first kappa shape index (κ1) is 13.8. The van der Waals surface area contributed by atoms with Crippen LogP contribution in [0, 0.1) is 0 Å². The lowest BCUT2D eigenvalue weighted by Crippen LogP contribution is -2.60. The van der Waals surface area contributed by atoms with Crippen LogP contribution in [-0.2, 0) is 23.7 Å². The largest absolute Gasteiger partial charge is 0.394 e. The van der Waals surface area contributed by atoms with E-state index in [1.54, 1.807) is 21.3 Å². The third-order valence-electron chi connectivity index (χ3n) is 2.82. The Morgan fingerprint density at radius 1 is 0.875 bits per heavy atom. The van der Waals surface area contributed by atoms with Crippen molar-refractivity contribution >= 4 is 0 Å². The first-order valence-electron chi connectivity index (χ1n) is 5.11. The second kappa shape index (κ2) is 6.48. The molecule has 0 saturated carbocycles. The lowest BCUT2D eigenvalue weighted by atomic mass is 9.98. The molecule has 1 aliphatic heterocycles. The van der Waals surface area contributed by atoms with Crippen molar-refractivity contribution in [3.63, 3.8) is 0 Å². The molecule has 96 valence electrons. The van der Waals surface area contributed by atoms with Crippen LogP contribution in [-0.4, -0.2) is 70.9 Å². The fraction of sp³-hybridized carbons (Fsp3) is 1.00. The summed E-state index contributed by atoms with van der Waals surface area (Å²) in [6, 6.07) is 0. The average Bonchev–Trinajstić information content (AvgIpc) is 2.35. The van der Waals surface area contributed by atoms with Crippen LogP contribution in [0.25, 0.3) is 0 Å². The summed E-state index contributed by atoms with van der Waals surface area (Å²) in [6.45, 7) is -0.158. The maximum absolute atomic E-state index is 9.22. The van der Waals surface area contributed by atoms with Crippen molar-refractivity contribution in [2.45, 2.75) is 30.7 Å². The Bertz CT molecular complexity index is 182. The topological polar surface area (TPSA) is 66.4 Å². The summed E-state index contributed by atoms with van der Waals surface area (Å²) < 4.78 is 26.6. The van der Waals surface area contributed by atoms with Gasteiger partial charge in [0.1, 0.15) is 24.4 Å². The minimum absolute atomic E-state index is 0.158. The second-order valence-electron chi connectivity index (χ2n) is 3.56. The zero-order chi connectivity index (χ0) is 12.1. The Morgan fingerprint density at radius 2 is 1.44 bits per heavy atom. The Balaban J connectivity index is 2.85. The van der Waals surface area contributed by atoms with Gasteiger partial charge in [0.25, 0.3) is 0 Å². The first-order valence-corrected chi connectivity index (χ1v) is 5.11. The molecule has 2 unspecified atom stereocenters. The average molecular weight is 236 g/mol. The molecule has 1 rings (SSSR count). The van der Waals surface area contributed by atoms with Crippen molar-refractivity contribution in [3.8, 4) is 0 Å². The maximum Gasteiger partial charge on any atom is 0.186 e. The lowest BCUT2D eigenvalue weighted by molar-refractivity contribution is -0.306. The fourth-order valence-electron chi connectivity index (χ4n) is 2.02. The van der Waals surface area contributed by atoms with Crippen LogP contribution in [0.4, 0.5) is 0 Å². The number of aliphatic hydroxyl groups excluding tert-OH is 1. The number of rotatable bonds is 5. The van der Waals surface area contributed by atoms with E-state index < -0.39 is 12.4 Å². The number of aliphatic hydroxyl groups is 1. The highest BCUT2D eigenvalue weighted by atomic mass is 16.7. The van der Waals surface area contributed by atoms with Crippen molar-refractivity contribution in [2.75, 3.05) is 35.0 Å². The van der Waals surface area contributed by atoms with Crippen molar-refractivity contribution in [2.24, 2.45) is 0 Å². The maximum atomic E-state index is 9.22. The SMILES string of the molecule is COC1[C@H](OC)C(CO)O[C@@H](OC)[C@H]1OC. The van der Waals surface area contributed by atoms with E-state index in [2.05, 4.69) is 0 Å². The van der Waals surface area contributed by atoms with E-state index in [9.17, 15) is 5.11 Å². The van der Waals surface area contributed by atoms with Crippen molar-refractivity contribution < 1.29 is 28.8 Å². The summed E-state index contributed by atoms with van der Waals surface area (Å²) in [5, 5.41) is 9.22. The van der Waals surface area contributed by atoms with E-state index in [1.807, 2.05) is 0 Å². The Kier molecular flexibility index (Phi) is 5.60. The van der Waals surface area contributed by atoms with Gasteiger partial charge >= 0.3 is 0 Å². The number of hydrogen-bond donors (Lipinski definition) is 1. The van der Waals surface area contributed by atoms with Gasteiger partial charge in [-0.05, 0) is 0 Å². The molecule has 0 aromatic rings. The Hall–Kier alpha value is -0.240. The Morgan fingerprint density at radius 3 is 1.81 bits per heavy atom. The predicted molar refractivity (Wildman–Crippen MR) is 55.1 cm³/mol. The van der Waals surface area contributed by atoms with Crippen LogP contribution in [0.2, 0.25) is 0 Å². The van der Waals surface area contributed by atoms with Gasteiger partial charge in [-0.1, -0.05) is 0 Å². The summed E-state index contributed by atoms with van der Waals surface area (Å²) in [5.41, 5.74) is 0. The molecule has 1 aliphatic rings. The summed E-state index contributed by atoms with van der Waals surface area (Å²) in [7, 11) is 6.18. The molecule has 6 nitrogen and oxygen atoms in total. The molecule has 0 radical (unpaired) electrons. The van der Waals surface area contributed by atoms with Gasteiger partial charge in [-0.15, -0.1) is 0 Å². The van der Waals surface area contributed by atoms with Gasteiger partial charge in [0, 0.05) is 28.4 Å². The zero-order valence-corrected chi connectivity index (χ0v) is 10.1. The molecule has 0 bridgehead atoms. The fourth-order valence-corrected chi connectivity index (χ4v) is 2.02. The highest BCUT2D eigenvalue weighted by Gasteiger charge is 2.46.